The number of carbonyl (C=O) groups is 1. The second-order valence-corrected chi connectivity index (χ2v) is 7.39. The zero-order chi connectivity index (χ0) is 22.0. The van der Waals surface area contributed by atoms with Crippen molar-refractivity contribution in [1.29, 1.82) is 0 Å². The third-order valence-electron chi connectivity index (χ3n) is 4.38. The molecule has 0 aliphatic heterocycles. The molecule has 5 nitrogen and oxygen atoms in total. The van der Waals surface area contributed by atoms with E-state index in [-0.39, 0.29) is 11.7 Å². The number of anilines is 1. The first-order valence-electron chi connectivity index (χ1n) is 9.11. The Labute approximate surface area is 187 Å². The maximum Gasteiger partial charge on any atom is 0.248 e. The smallest absolute Gasteiger partial charge is 0.248 e. The summed E-state index contributed by atoms with van der Waals surface area (Å²) in [5.74, 6) is -0.0321. The fourth-order valence-corrected chi connectivity index (χ4v) is 3.61. The monoisotopic (exact) mass is 456 g/mol. The predicted octanol–water partition coefficient (Wildman–Crippen LogP) is 6.60. The molecule has 0 radical (unpaired) electrons. The van der Waals surface area contributed by atoms with Crippen molar-refractivity contribution in [3.63, 3.8) is 0 Å². The highest BCUT2D eigenvalue weighted by Gasteiger charge is 2.11. The van der Waals surface area contributed by atoms with Gasteiger partial charge in [-0.05, 0) is 54.6 Å². The van der Waals surface area contributed by atoms with E-state index >= 15 is 0 Å². The van der Waals surface area contributed by atoms with Crippen LogP contribution in [0.2, 0.25) is 10.0 Å². The lowest BCUT2D eigenvalue weighted by Gasteiger charge is -2.08. The van der Waals surface area contributed by atoms with Gasteiger partial charge in [0.05, 0.1) is 12.1 Å². The fourth-order valence-electron chi connectivity index (χ4n) is 3.02. The van der Waals surface area contributed by atoms with Crippen LogP contribution in [0.5, 0.6) is 5.75 Å². The van der Waals surface area contributed by atoms with E-state index in [1.165, 1.54) is 25.3 Å². The summed E-state index contributed by atoms with van der Waals surface area (Å²) in [6.07, 6.45) is 2.90. The van der Waals surface area contributed by atoms with Crippen LogP contribution in [-0.4, -0.2) is 18.0 Å². The van der Waals surface area contributed by atoms with Crippen molar-refractivity contribution in [3.8, 4) is 17.2 Å². The van der Waals surface area contributed by atoms with Gasteiger partial charge in [0.25, 0.3) is 0 Å². The number of methoxy groups -OCH3 is 1. The number of halogens is 3. The predicted molar refractivity (Wildman–Crippen MR) is 120 cm³/mol. The summed E-state index contributed by atoms with van der Waals surface area (Å²) in [5, 5.41) is 3.53. The molecule has 1 N–H and O–H groups in total. The molecule has 0 spiro atoms. The number of rotatable bonds is 5. The lowest BCUT2D eigenvalue weighted by molar-refractivity contribution is -0.111. The Morgan fingerprint density at radius 3 is 2.77 bits per heavy atom. The second kappa shape index (κ2) is 8.79. The Bertz CT molecular complexity index is 1320. The van der Waals surface area contributed by atoms with E-state index < -0.39 is 0 Å². The molecule has 31 heavy (non-hydrogen) atoms. The van der Waals surface area contributed by atoms with E-state index in [1.54, 1.807) is 48.5 Å². The lowest BCUT2D eigenvalue weighted by atomic mass is 10.2. The Hall–Kier alpha value is -3.35. The van der Waals surface area contributed by atoms with Gasteiger partial charge in [-0.2, -0.15) is 0 Å². The number of aromatic nitrogens is 1. The van der Waals surface area contributed by atoms with Crippen LogP contribution in [0, 0.1) is 5.82 Å². The lowest BCUT2D eigenvalue weighted by Crippen LogP contribution is -2.07. The quantitative estimate of drug-likeness (QED) is 0.343. The number of nitrogens with one attached hydrogen (secondary N) is 1. The van der Waals surface area contributed by atoms with Gasteiger partial charge in [-0.3, -0.25) is 4.79 Å². The van der Waals surface area contributed by atoms with Crippen LogP contribution in [0.25, 0.3) is 28.6 Å². The number of oxazole rings is 1. The number of ether oxygens (including phenoxy) is 1. The molecule has 4 rings (SSSR count). The Balaban J connectivity index is 1.53. The molecule has 0 bridgehead atoms. The van der Waals surface area contributed by atoms with Crippen molar-refractivity contribution in [2.75, 3.05) is 12.4 Å². The minimum absolute atomic E-state index is 0.294. The number of carbonyl (C=O) groups excluding carboxylic acids is 1. The summed E-state index contributed by atoms with van der Waals surface area (Å²) in [4.78, 5) is 16.7. The first kappa shape index (κ1) is 20.9. The Kier molecular flexibility index (Phi) is 5.93. The average Bonchev–Trinajstić information content (AvgIpc) is 3.15. The molecule has 0 fully saturated rings. The summed E-state index contributed by atoms with van der Waals surface area (Å²) < 4.78 is 24.4. The molecule has 0 aliphatic rings. The van der Waals surface area contributed by atoms with Crippen molar-refractivity contribution in [1.82, 2.24) is 4.98 Å². The van der Waals surface area contributed by atoms with Gasteiger partial charge in [0, 0.05) is 27.9 Å². The third kappa shape index (κ3) is 4.71. The first-order chi connectivity index (χ1) is 14.9. The van der Waals surface area contributed by atoms with E-state index in [1.807, 2.05) is 0 Å². The molecular weight excluding hydrogens is 442 g/mol. The zero-order valence-electron chi connectivity index (χ0n) is 16.2. The molecule has 4 aromatic rings. The Morgan fingerprint density at radius 1 is 1.16 bits per heavy atom. The average molecular weight is 457 g/mol. The molecule has 0 saturated heterocycles. The molecule has 1 aromatic heterocycles. The zero-order valence-corrected chi connectivity index (χ0v) is 17.7. The van der Waals surface area contributed by atoms with Gasteiger partial charge in [0.1, 0.15) is 17.1 Å². The summed E-state index contributed by atoms with van der Waals surface area (Å²) in [6.45, 7) is 0. The standard InChI is InChI=1S/C23H15Cl2FN2O3/c1-30-22-13(9-15(24)11-18(22)25)5-8-21(29)27-17-6-7-20-19(12-17)28-23(31-20)14-3-2-4-16(26)10-14/h2-12H,1H3,(H,27,29)/b8-5+. The van der Waals surface area contributed by atoms with Gasteiger partial charge >= 0.3 is 0 Å². The van der Waals surface area contributed by atoms with Gasteiger partial charge in [-0.25, -0.2) is 9.37 Å². The van der Waals surface area contributed by atoms with Gasteiger partial charge in [0.2, 0.25) is 11.8 Å². The van der Waals surface area contributed by atoms with Crippen molar-refractivity contribution in [2.24, 2.45) is 0 Å². The van der Waals surface area contributed by atoms with Crippen molar-refractivity contribution < 1.29 is 18.3 Å². The van der Waals surface area contributed by atoms with Crippen LogP contribution in [0.3, 0.4) is 0 Å². The van der Waals surface area contributed by atoms with E-state index in [2.05, 4.69) is 10.3 Å². The highest BCUT2D eigenvalue weighted by Crippen LogP contribution is 2.33. The van der Waals surface area contributed by atoms with E-state index in [9.17, 15) is 9.18 Å². The summed E-state index contributed by atoms with van der Waals surface area (Å²) in [6, 6.07) is 14.2. The molecule has 156 valence electrons. The van der Waals surface area contributed by atoms with E-state index in [0.717, 1.165) is 0 Å². The Morgan fingerprint density at radius 2 is 2.00 bits per heavy atom. The van der Waals surface area contributed by atoms with Crippen molar-refractivity contribution in [2.45, 2.75) is 0 Å². The molecule has 0 aliphatic carbocycles. The molecule has 0 unspecified atom stereocenters. The summed E-state index contributed by atoms with van der Waals surface area (Å²) in [5.41, 5.74) is 2.67. The number of hydrogen-bond donors (Lipinski definition) is 1. The minimum Gasteiger partial charge on any atom is -0.495 e. The number of hydrogen-bond acceptors (Lipinski definition) is 4. The van der Waals surface area contributed by atoms with Crippen molar-refractivity contribution in [3.05, 3.63) is 82.1 Å². The maximum absolute atomic E-state index is 13.5. The third-order valence-corrected chi connectivity index (χ3v) is 4.88. The minimum atomic E-state index is -0.378. The maximum atomic E-state index is 13.5. The van der Waals surface area contributed by atoms with E-state index in [4.69, 9.17) is 32.4 Å². The second-order valence-electron chi connectivity index (χ2n) is 6.54. The van der Waals surface area contributed by atoms with Crippen molar-refractivity contribution >= 4 is 52.0 Å². The molecule has 1 amide bonds. The first-order valence-corrected chi connectivity index (χ1v) is 9.87. The highest BCUT2D eigenvalue weighted by molar-refractivity contribution is 6.36. The van der Waals surface area contributed by atoms with Crippen LogP contribution >= 0.6 is 23.2 Å². The van der Waals surface area contributed by atoms with Crippen LogP contribution in [0.15, 0.2) is 65.1 Å². The number of benzene rings is 3. The topological polar surface area (TPSA) is 64.4 Å². The molecular formula is C23H15Cl2FN2O3. The SMILES string of the molecule is COc1c(Cl)cc(Cl)cc1/C=C/C(=O)Nc1ccc2oc(-c3cccc(F)c3)nc2c1. The molecule has 3 aromatic carbocycles. The van der Waals surface area contributed by atoms with Crippen LogP contribution < -0.4 is 10.1 Å². The number of amides is 1. The van der Waals surface area contributed by atoms with Gasteiger partial charge in [-0.15, -0.1) is 0 Å². The summed E-state index contributed by atoms with van der Waals surface area (Å²) in [7, 11) is 1.48. The fraction of sp³-hybridized carbons (Fsp3) is 0.0435. The van der Waals surface area contributed by atoms with Gasteiger partial charge in [-0.1, -0.05) is 29.3 Å². The van der Waals surface area contributed by atoms with Crippen LogP contribution in [0.1, 0.15) is 5.56 Å². The summed E-state index contributed by atoms with van der Waals surface area (Å²) >= 11 is 12.1. The molecule has 8 heteroatoms. The van der Waals surface area contributed by atoms with Gasteiger partial charge in [0.15, 0.2) is 5.58 Å². The normalized spacial score (nSPS) is 11.2. The molecule has 0 atom stereocenters. The van der Waals surface area contributed by atoms with E-state index in [0.29, 0.717) is 49.6 Å². The van der Waals surface area contributed by atoms with Crippen LogP contribution in [0.4, 0.5) is 10.1 Å². The number of fused-ring (bicyclic) bond motifs is 1. The highest BCUT2D eigenvalue weighted by atomic mass is 35.5. The molecule has 1 heterocycles. The van der Waals surface area contributed by atoms with Crippen LogP contribution in [-0.2, 0) is 4.79 Å². The molecule has 0 saturated carbocycles. The number of nitrogens with zero attached hydrogens (tertiary/aromatic N) is 1. The largest absolute Gasteiger partial charge is 0.495 e. The van der Waals surface area contributed by atoms with Gasteiger partial charge < -0.3 is 14.5 Å².